The number of aliphatic hydroxyl groups is 1. The van der Waals surface area contributed by atoms with E-state index in [-0.39, 0.29) is 12.3 Å². The molecule has 0 saturated carbocycles. The first-order valence-corrected chi connectivity index (χ1v) is 7.13. The van der Waals surface area contributed by atoms with Crippen molar-refractivity contribution in [2.45, 2.75) is 38.0 Å². The maximum atomic E-state index is 13.2. The second-order valence-electron chi connectivity index (χ2n) is 5.44. The number of alkyl halides is 3. The Bertz CT molecular complexity index is 524. The molecule has 2 rings (SSSR count). The molecule has 1 unspecified atom stereocenters. The summed E-state index contributed by atoms with van der Waals surface area (Å²) < 4.78 is 44.5. The predicted molar refractivity (Wildman–Crippen MR) is 72.2 cm³/mol. The van der Waals surface area contributed by atoms with E-state index in [1.807, 2.05) is 0 Å². The van der Waals surface area contributed by atoms with E-state index in [0.717, 1.165) is 18.9 Å². The summed E-state index contributed by atoms with van der Waals surface area (Å²) in [5.41, 5.74) is -3.11. The van der Waals surface area contributed by atoms with Crippen molar-refractivity contribution >= 4 is 6.03 Å². The van der Waals surface area contributed by atoms with Crippen molar-refractivity contribution in [2.75, 3.05) is 19.6 Å². The van der Waals surface area contributed by atoms with Crippen LogP contribution in [0.5, 0.6) is 0 Å². The second-order valence-corrected chi connectivity index (χ2v) is 5.44. The third kappa shape index (κ3) is 3.37. The van der Waals surface area contributed by atoms with Crippen LogP contribution in [0, 0.1) is 6.92 Å². The number of hydrogen-bond acceptors (Lipinski definition) is 3. The molecule has 1 aliphatic rings. The van der Waals surface area contributed by atoms with Gasteiger partial charge in [-0.1, -0.05) is 0 Å². The molecule has 124 valence electrons. The van der Waals surface area contributed by atoms with Crippen LogP contribution in [-0.2, 0) is 5.60 Å². The van der Waals surface area contributed by atoms with Crippen molar-refractivity contribution < 1.29 is 27.5 Å². The molecule has 8 heteroatoms. The fraction of sp³-hybridized carbons (Fsp3) is 0.643. The average Bonchev–Trinajstić information content (AvgIpc) is 3.07. The predicted octanol–water partition coefficient (Wildman–Crippen LogP) is 2.53. The van der Waals surface area contributed by atoms with E-state index in [9.17, 15) is 23.1 Å². The molecule has 22 heavy (non-hydrogen) atoms. The summed E-state index contributed by atoms with van der Waals surface area (Å²) >= 11 is 0. The summed E-state index contributed by atoms with van der Waals surface area (Å²) in [7, 11) is 0. The zero-order chi connectivity index (χ0) is 16.4. The first-order valence-electron chi connectivity index (χ1n) is 7.13. The van der Waals surface area contributed by atoms with Crippen LogP contribution in [0.25, 0.3) is 0 Å². The van der Waals surface area contributed by atoms with Crippen molar-refractivity contribution in [1.82, 2.24) is 10.2 Å². The first kappa shape index (κ1) is 16.7. The molecule has 1 fully saturated rings. The monoisotopic (exact) mass is 320 g/mol. The van der Waals surface area contributed by atoms with Crippen molar-refractivity contribution in [3.63, 3.8) is 0 Å². The standard InChI is InChI=1S/C14H19F3N2O3/c1-10-4-5-11(22-10)13(21,14(15,16)17)6-7-18-12(20)19-8-2-3-9-19/h4-5,21H,2-3,6-9H2,1H3,(H,18,20). The molecule has 1 aromatic heterocycles. The molecule has 0 spiro atoms. The van der Waals surface area contributed by atoms with Crippen LogP contribution < -0.4 is 5.32 Å². The number of urea groups is 1. The third-order valence-electron chi connectivity index (χ3n) is 3.77. The summed E-state index contributed by atoms with van der Waals surface area (Å²) in [6, 6.07) is 2.05. The van der Waals surface area contributed by atoms with Gasteiger partial charge in [0.25, 0.3) is 0 Å². The van der Waals surface area contributed by atoms with Crippen molar-refractivity contribution in [3.8, 4) is 0 Å². The lowest BCUT2D eigenvalue weighted by atomic mass is 9.96. The summed E-state index contributed by atoms with van der Waals surface area (Å²) in [5, 5.41) is 12.4. The van der Waals surface area contributed by atoms with E-state index in [1.54, 1.807) is 4.90 Å². The number of aryl methyl sites for hydroxylation is 1. The zero-order valence-electron chi connectivity index (χ0n) is 12.2. The number of nitrogens with zero attached hydrogens (tertiary/aromatic N) is 1. The highest BCUT2D eigenvalue weighted by Gasteiger charge is 2.56. The molecule has 0 radical (unpaired) electrons. The van der Waals surface area contributed by atoms with Gasteiger partial charge in [-0.25, -0.2) is 4.79 Å². The maximum Gasteiger partial charge on any atom is 0.424 e. The molecule has 1 atom stereocenters. The molecule has 1 aromatic rings. The van der Waals surface area contributed by atoms with Gasteiger partial charge >= 0.3 is 12.2 Å². The number of hydrogen-bond donors (Lipinski definition) is 2. The number of likely N-dealkylation sites (tertiary alicyclic amines) is 1. The number of halogens is 3. The van der Waals surface area contributed by atoms with E-state index in [4.69, 9.17) is 4.42 Å². The Balaban J connectivity index is 2.00. The van der Waals surface area contributed by atoms with Gasteiger partial charge in [-0.2, -0.15) is 13.2 Å². The van der Waals surface area contributed by atoms with Crippen LogP contribution in [0.3, 0.4) is 0 Å². The van der Waals surface area contributed by atoms with Gasteiger partial charge < -0.3 is 19.7 Å². The topological polar surface area (TPSA) is 65.7 Å². The molecule has 2 heterocycles. The van der Waals surface area contributed by atoms with Crippen molar-refractivity contribution in [3.05, 3.63) is 23.7 Å². The number of carbonyl (C=O) groups is 1. The van der Waals surface area contributed by atoms with Gasteiger partial charge in [0.2, 0.25) is 5.60 Å². The highest BCUT2D eigenvalue weighted by molar-refractivity contribution is 5.74. The fourth-order valence-electron chi connectivity index (χ4n) is 2.44. The van der Waals surface area contributed by atoms with Gasteiger partial charge in [0.1, 0.15) is 11.5 Å². The molecule has 0 bridgehead atoms. The molecule has 2 N–H and O–H groups in total. The van der Waals surface area contributed by atoms with Crippen molar-refractivity contribution in [2.24, 2.45) is 0 Å². The molecule has 5 nitrogen and oxygen atoms in total. The number of carbonyl (C=O) groups excluding carboxylic acids is 1. The maximum absolute atomic E-state index is 13.2. The molecule has 2 amide bonds. The summed E-state index contributed by atoms with van der Waals surface area (Å²) in [5.74, 6) is -0.285. The average molecular weight is 320 g/mol. The van der Waals surface area contributed by atoms with E-state index in [0.29, 0.717) is 13.1 Å². The van der Waals surface area contributed by atoms with Crippen LogP contribution in [-0.4, -0.2) is 41.8 Å². The second kappa shape index (κ2) is 6.20. The lowest BCUT2D eigenvalue weighted by Gasteiger charge is -2.29. The number of nitrogens with one attached hydrogen (secondary N) is 1. The number of amides is 2. The highest BCUT2D eigenvalue weighted by atomic mass is 19.4. The van der Waals surface area contributed by atoms with Gasteiger partial charge in [-0.05, 0) is 31.9 Å². The highest BCUT2D eigenvalue weighted by Crippen LogP contribution is 2.42. The Morgan fingerprint density at radius 1 is 1.36 bits per heavy atom. The summed E-state index contributed by atoms with van der Waals surface area (Å²) in [6.45, 7) is 2.40. The van der Waals surface area contributed by atoms with Gasteiger partial charge in [0, 0.05) is 26.1 Å². The Labute approximate surface area is 126 Å². The molecular weight excluding hydrogens is 301 g/mol. The minimum absolute atomic E-state index is 0.277. The van der Waals surface area contributed by atoms with E-state index < -0.39 is 30.0 Å². The SMILES string of the molecule is Cc1ccc(C(O)(CCNC(=O)N2CCCC2)C(F)(F)F)o1. The number of rotatable bonds is 4. The van der Waals surface area contributed by atoms with E-state index in [2.05, 4.69) is 5.32 Å². The quantitative estimate of drug-likeness (QED) is 0.896. The van der Waals surface area contributed by atoms with Crippen molar-refractivity contribution in [1.29, 1.82) is 0 Å². The minimum atomic E-state index is -4.89. The molecule has 1 aliphatic heterocycles. The largest absolute Gasteiger partial charge is 0.463 e. The Hall–Kier alpha value is -1.70. The molecular formula is C14H19F3N2O3. The first-order chi connectivity index (χ1) is 10.2. The van der Waals surface area contributed by atoms with Crippen LogP contribution in [0.1, 0.15) is 30.8 Å². The summed E-state index contributed by atoms with van der Waals surface area (Å²) in [4.78, 5) is 13.3. The minimum Gasteiger partial charge on any atom is -0.463 e. The fourth-order valence-corrected chi connectivity index (χ4v) is 2.44. The van der Waals surface area contributed by atoms with Gasteiger partial charge in [-0.3, -0.25) is 0 Å². The van der Waals surface area contributed by atoms with E-state index in [1.165, 1.54) is 13.0 Å². The zero-order valence-corrected chi connectivity index (χ0v) is 12.2. The van der Waals surface area contributed by atoms with Gasteiger partial charge in [0.05, 0.1) is 0 Å². The summed E-state index contributed by atoms with van der Waals surface area (Å²) in [6.07, 6.45) is -3.81. The Morgan fingerprint density at radius 2 is 2.00 bits per heavy atom. The number of furan rings is 1. The van der Waals surface area contributed by atoms with Crippen LogP contribution in [0.15, 0.2) is 16.5 Å². The smallest absolute Gasteiger partial charge is 0.424 e. The van der Waals surface area contributed by atoms with Crippen LogP contribution in [0.4, 0.5) is 18.0 Å². The van der Waals surface area contributed by atoms with Crippen LogP contribution >= 0.6 is 0 Å². The molecule has 0 aliphatic carbocycles. The Kier molecular flexibility index (Phi) is 4.69. The third-order valence-corrected chi connectivity index (χ3v) is 3.77. The van der Waals surface area contributed by atoms with Gasteiger partial charge in [0.15, 0.2) is 0 Å². The Morgan fingerprint density at radius 3 is 2.50 bits per heavy atom. The lowest BCUT2D eigenvalue weighted by molar-refractivity contribution is -0.274. The normalized spacial score (nSPS) is 18.3. The van der Waals surface area contributed by atoms with Gasteiger partial charge in [-0.15, -0.1) is 0 Å². The van der Waals surface area contributed by atoms with E-state index >= 15 is 0 Å². The molecule has 0 aromatic carbocycles. The lowest BCUT2D eigenvalue weighted by Crippen LogP contribution is -2.46. The van der Waals surface area contributed by atoms with Crippen LogP contribution in [0.2, 0.25) is 0 Å². The molecule has 1 saturated heterocycles.